The second-order valence-electron chi connectivity index (χ2n) is 6.86. The zero-order valence-corrected chi connectivity index (χ0v) is 15.9. The molecule has 0 saturated heterocycles. The Hall–Kier alpha value is -3.11. The van der Waals surface area contributed by atoms with Gasteiger partial charge in [0.15, 0.2) is 0 Å². The number of carbonyl (C=O) groups excluding carboxylic acids is 1. The second-order valence-corrected chi connectivity index (χ2v) is 6.86. The van der Waals surface area contributed by atoms with Gasteiger partial charge in [0, 0.05) is 25.0 Å². The minimum absolute atomic E-state index is 0.0459. The van der Waals surface area contributed by atoms with Crippen LogP contribution in [0, 0.1) is 0 Å². The van der Waals surface area contributed by atoms with Gasteiger partial charge in [0.1, 0.15) is 0 Å². The largest absolute Gasteiger partial charge is 0.463 e. The fourth-order valence-corrected chi connectivity index (χ4v) is 3.75. The smallest absolute Gasteiger partial charge is 0.373 e. The molecule has 0 radical (unpaired) electrons. The van der Waals surface area contributed by atoms with E-state index >= 15 is 0 Å². The Morgan fingerprint density at radius 1 is 0.964 bits per heavy atom. The summed E-state index contributed by atoms with van der Waals surface area (Å²) in [5.74, 6) is -1.47. The first kappa shape index (κ1) is 18.3. The molecular formula is C24H22O4. The standard InChI is InChI=1S/C24H22O4/c1-26-23(25)22-15-20(17-8-4-3-5-9-17)16-24(27-2,28-22)21-13-12-18-10-6-7-11-19(18)14-21/h3-15,20H,16H2,1-2H3/t20?,24-/m1/s1. The molecule has 0 spiro atoms. The number of rotatable bonds is 4. The highest BCUT2D eigenvalue weighted by Gasteiger charge is 2.43. The van der Waals surface area contributed by atoms with Crippen LogP contribution >= 0.6 is 0 Å². The molecule has 2 atom stereocenters. The second kappa shape index (κ2) is 7.49. The van der Waals surface area contributed by atoms with Gasteiger partial charge in [-0.05, 0) is 28.5 Å². The van der Waals surface area contributed by atoms with Gasteiger partial charge in [0.2, 0.25) is 11.5 Å². The van der Waals surface area contributed by atoms with Crippen molar-refractivity contribution in [2.45, 2.75) is 18.1 Å². The minimum Gasteiger partial charge on any atom is -0.463 e. The summed E-state index contributed by atoms with van der Waals surface area (Å²) in [4.78, 5) is 12.3. The molecule has 4 nitrogen and oxygen atoms in total. The van der Waals surface area contributed by atoms with Crippen LogP contribution in [-0.2, 0) is 24.8 Å². The summed E-state index contributed by atoms with van der Waals surface area (Å²) in [6, 6.07) is 24.3. The summed E-state index contributed by atoms with van der Waals surface area (Å²) in [7, 11) is 2.96. The van der Waals surface area contributed by atoms with Crippen LogP contribution in [0.1, 0.15) is 23.5 Å². The maximum atomic E-state index is 12.3. The minimum atomic E-state index is -1.08. The number of fused-ring (bicyclic) bond motifs is 1. The van der Waals surface area contributed by atoms with Crippen LogP contribution in [0.2, 0.25) is 0 Å². The Morgan fingerprint density at radius 3 is 2.39 bits per heavy atom. The van der Waals surface area contributed by atoms with Gasteiger partial charge in [0.25, 0.3) is 0 Å². The van der Waals surface area contributed by atoms with Crippen molar-refractivity contribution in [3.63, 3.8) is 0 Å². The molecule has 3 aromatic rings. The molecule has 1 aliphatic rings. The summed E-state index contributed by atoms with van der Waals surface area (Å²) < 4.78 is 17.0. The maximum Gasteiger partial charge on any atom is 0.373 e. The van der Waals surface area contributed by atoms with Crippen LogP contribution in [-0.4, -0.2) is 20.2 Å². The molecule has 0 saturated carbocycles. The SMILES string of the molecule is COC(=O)C1=CC(c2ccccc2)C[C@](OC)(c2ccc3ccccc3c2)O1. The Labute approximate surface area is 164 Å². The molecule has 1 unspecified atom stereocenters. The third-order valence-electron chi connectivity index (χ3n) is 5.25. The molecule has 0 aliphatic carbocycles. The number of ether oxygens (including phenoxy) is 3. The van der Waals surface area contributed by atoms with Gasteiger partial charge < -0.3 is 14.2 Å². The highest BCUT2D eigenvalue weighted by Crippen LogP contribution is 2.44. The number of methoxy groups -OCH3 is 2. The predicted molar refractivity (Wildman–Crippen MR) is 108 cm³/mol. The van der Waals surface area contributed by atoms with E-state index in [2.05, 4.69) is 18.2 Å². The Morgan fingerprint density at radius 2 is 1.68 bits per heavy atom. The van der Waals surface area contributed by atoms with E-state index in [4.69, 9.17) is 14.2 Å². The highest BCUT2D eigenvalue weighted by molar-refractivity contribution is 5.87. The molecule has 0 amide bonds. The van der Waals surface area contributed by atoms with Crippen LogP contribution in [0.15, 0.2) is 84.6 Å². The zero-order chi connectivity index (χ0) is 19.6. The lowest BCUT2D eigenvalue weighted by molar-refractivity contribution is -0.225. The van der Waals surface area contributed by atoms with Gasteiger partial charge in [0.05, 0.1) is 7.11 Å². The quantitative estimate of drug-likeness (QED) is 0.609. The zero-order valence-electron chi connectivity index (χ0n) is 15.9. The highest BCUT2D eigenvalue weighted by atomic mass is 16.7. The normalized spacial score (nSPS) is 21.6. The third kappa shape index (κ3) is 3.27. The summed E-state index contributed by atoms with van der Waals surface area (Å²) >= 11 is 0. The van der Waals surface area contributed by atoms with Crippen LogP contribution < -0.4 is 0 Å². The van der Waals surface area contributed by atoms with E-state index in [1.807, 2.05) is 60.7 Å². The molecule has 1 heterocycles. The van der Waals surface area contributed by atoms with Crippen LogP contribution in [0.4, 0.5) is 0 Å². The van der Waals surface area contributed by atoms with E-state index < -0.39 is 11.8 Å². The molecular weight excluding hydrogens is 352 g/mol. The van der Waals surface area contributed by atoms with Crippen molar-refractivity contribution in [3.05, 3.63) is 95.8 Å². The Bertz CT molecular complexity index is 1020. The van der Waals surface area contributed by atoms with E-state index in [-0.39, 0.29) is 11.7 Å². The van der Waals surface area contributed by atoms with E-state index in [9.17, 15) is 4.79 Å². The molecule has 3 aromatic carbocycles. The Kier molecular flexibility index (Phi) is 4.88. The van der Waals surface area contributed by atoms with E-state index in [1.165, 1.54) is 7.11 Å². The number of benzene rings is 3. The van der Waals surface area contributed by atoms with E-state index in [0.29, 0.717) is 6.42 Å². The number of hydrogen-bond acceptors (Lipinski definition) is 4. The van der Waals surface area contributed by atoms with Crippen molar-refractivity contribution in [2.24, 2.45) is 0 Å². The molecule has 0 bridgehead atoms. The summed E-state index contributed by atoms with van der Waals surface area (Å²) in [6.45, 7) is 0. The van der Waals surface area contributed by atoms with Crippen LogP contribution in [0.3, 0.4) is 0 Å². The lowest BCUT2D eigenvalue weighted by Gasteiger charge is -2.39. The summed E-state index contributed by atoms with van der Waals surface area (Å²) in [5, 5.41) is 2.22. The van der Waals surface area contributed by atoms with Gasteiger partial charge in [-0.15, -0.1) is 0 Å². The number of esters is 1. The number of carbonyl (C=O) groups is 1. The number of allylic oxidation sites excluding steroid dienone is 1. The van der Waals surface area contributed by atoms with Crippen LogP contribution in [0.25, 0.3) is 10.8 Å². The first-order valence-corrected chi connectivity index (χ1v) is 9.24. The topological polar surface area (TPSA) is 44.8 Å². The fraction of sp³-hybridized carbons (Fsp3) is 0.208. The molecule has 0 N–H and O–H groups in total. The lowest BCUT2D eigenvalue weighted by atomic mass is 9.85. The Balaban J connectivity index is 1.82. The molecule has 1 aliphatic heterocycles. The van der Waals surface area contributed by atoms with E-state index in [0.717, 1.165) is 21.9 Å². The predicted octanol–water partition coefficient (Wildman–Crippen LogP) is 4.90. The summed E-state index contributed by atoms with van der Waals surface area (Å²) in [6.07, 6.45) is 2.37. The monoisotopic (exact) mass is 374 g/mol. The molecule has 0 aromatic heterocycles. The lowest BCUT2D eigenvalue weighted by Crippen LogP contribution is -2.38. The third-order valence-corrected chi connectivity index (χ3v) is 5.25. The van der Waals surface area contributed by atoms with Crippen molar-refractivity contribution in [1.29, 1.82) is 0 Å². The average Bonchev–Trinajstić information content (AvgIpc) is 2.78. The van der Waals surface area contributed by atoms with Crippen molar-refractivity contribution in [2.75, 3.05) is 14.2 Å². The van der Waals surface area contributed by atoms with Gasteiger partial charge in [-0.25, -0.2) is 4.79 Å². The number of hydrogen-bond donors (Lipinski definition) is 0. The first-order chi connectivity index (χ1) is 13.6. The molecule has 28 heavy (non-hydrogen) atoms. The van der Waals surface area contributed by atoms with Gasteiger partial charge in [-0.3, -0.25) is 0 Å². The molecule has 142 valence electrons. The van der Waals surface area contributed by atoms with Crippen molar-refractivity contribution >= 4 is 16.7 Å². The van der Waals surface area contributed by atoms with Crippen molar-refractivity contribution in [1.82, 2.24) is 0 Å². The fourth-order valence-electron chi connectivity index (χ4n) is 3.75. The van der Waals surface area contributed by atoms with Crippen LogP contribution in [0.5, 0.6) is 0 Å². The maximum absolute atomic E-state index is 12.3. The summed E-state index contributed by atoms with van der Waals surface area (Å²) in [5.41, 5.74) is 1.96. The average molecular weight is 374 g/mol. The molecule has 4 rings (SSSR count). The van der Waals surface area contributed by atoms with Gasteiger partial charge >= 0.3 is 5.97 Å². The molecule has 0 fully saturated rings. The van der Waals surface area contributed by atoms with Crippen molar-refractivity contribution in [3.8, 4) is 0 Å². The van der Waals surface area contributed by atoms with Gasteiger partial charge in [-0.2, -0.15) is 0 Å². The van der Waals surface area contributed by atoms with Gasteiger partial charge in [-0.1, -0.05) is 66.7 Å². The van der Waals surface area contributed by atoms with Crippen molar-refractivity contribution < 1.29 is 19.0 Å². The van der Waals surface area contributed by atoms with E-state index in [1.54, 1.807) is 7.11 Å². The molecule has 4 heteroatoms. The first-order valence-electron chi connectivity index (χ1n) is 9.24.